The molecule has 0 atom stereocenters. The van der Waals surface area contributed by atoms with E-state index in [2.05, 4.69) is 32.5 Å². The molecule has 5 rings (SSSR count). The topological polar surface area (TPSA) is 69.6 Å². The number of nitrogens with zero attached hydrogens (tertiary/aromatic N) is 5. The zero-order chi connectivity index (χ0) is 22.8. The van der Waals surface area contributed by atoms with Gasteiger partial charge in [0, 0.05) is 22.8 Å². The first kappa shape index (κ1) is 22.4. The number of rotatable bonds is 6. The Balaban J connectivity index is 1.25. The maximum absolute atomic E-state index is 12.8. The van der Waals surface area contributed by atoms with Gasteiger partial charge >= 0.3 is 6.18 Å². The Labute approximate surface area is 199 Å². The first-order chi connectivity index (χ1) is 16.0. The molecular weight excluding hydrogens is 491 g/mol. The molecule has 2 aromatic heterocycles. The molecule has 2 aromatic carbocycles. The van der Waals surface area contributed by atoms with Crippen LogP contribution in [0.15, 0.2) is 64.5 Å². The summed E-state index contributed by atoms with van der Waals surface area (Å²) in [7, 11) is 0. The molecule has 0 bridgehead atoms. The highest BCUT2D eigenvalue weighted by atomic mass is 32.2. The summed E-state index contributed by atoms with van der Waals surface area (Å²) in [5.41, 5.74) is 1.98. The first-order valence-corrected chi connectivity index (χ1v) is 12.9. The lowest BCUT2D eigenvalue weighted by Gasteiger charge is -2.09. The molecule has 12 heteroatoms. The summed E-state index contributed by atoms with van der Waals surface area (Å²) in [4.78, 5) is 4.46. The molecule has 170 valence electrons. The number of thioether (sulfide) groups is 3. The van der Waals surface area contributed by atoms with Crippen LogP contribution in [0.5, 0.6) is 0 Å². The molecule has 0 saturated carbocycles. The Hall–Kier alpha value is -2.44. The summed E-state index contributed by atoms with van der Waals surface area (Å²) in [5.74, 6) is 3.63. The molecule has 0 aliphatic carbocycles. The molecule has 3 heterocycles. The zero-order valence-electron chi connectivity index (χ0n) is 16.9. The van der Waals surface area contributed by atoms with Crippen LogP contribution in [0.2, 0.25) is 0 Å². The van der Waals surface area contributed by atoms with Crippen molar-refractivity contribution in [1.82, 2.24) is 24.9 Å². The Kier molecular flexibility index (Phi) is 6.39. The van der Waals surface area contributed by atoms with Gasteiger partial charge in [-0.1, -0.05) is 41.2 Å². The smallest absolute Gasteiger partial charge is 0.338 e. The van der Waals surface area contributed by atoms with Crippen LogP contribution in [0.3, 0.4) is 0 Å². The molecule has 0 amide bonds. The number of alkyl halides is 3. The number of benzene rings is 2. The van der Waals surface area contributed by atoms with E-state index in [1.807, 2.05) is 35.7 Å². The molecule has 1 fully saturated rings. The van der Waals surface area contributed by atoms with Crippen molar-refractivity contribution in [3.63, 3.8) is 0 Å². The maximum Gasteiger partial charge on any atom is 0.416 e. The van der Waals surface area contributed by atoms with Gasteiger partial charge in [0.2, 0.25) is 11.7 Å². The summed E-state index contributed by atoms with van der Waals surface area (Å²) >= 11 is 5.21. The quantitative estimate of drug-likeness (QED) is 0.290. The highest BCUT2D eigenvalue weighted by Crippen LogP contribution is 2.45. The largest absolute Gasteiger partial charge is 0.416 e. The van der Waals surface area contributed by atoms with Crippen LogP contribution in [0.25, 0.3) is 17.1 Å². The third kappa shape index (κ3) is 5.07. The SMILES string of the molecule is FC(F)(F)c1ccc(-n2cnnc2SCc2nc(-c3ccc(C4SCCS4)cc3)no2)cc1. The summed E-state index contributed by atoms with van der Waals surface area (Å²) < 4.78 is 45.9. The second-order valence-corrected chi connectivity index (χ2v) is 10.7. The molecule has 0 unspecified atom stereocenters. The minimum atomic E-state index is -4.38. The van der Waals surface area contributed by atoms with Crippen LogP contribution in [0.4, 0.5) is 13.2 Å². The van der Waals surface area contributed by atoms with E-state index >= 15 is 0 Å². The van der Waals surface area contributed by atoms with E-state index in [-0.39, 0.29) is 0 Å². The Morgan fingerprint density at radius 2 is 1.76 bits per heavy atom. The van der Waals surface area contributed by atoms with Crippen LogP contribution in [0, 0.1) is 0 Å². The predicted octanol–water partition coefficient (Wildman–Crippen LogP) is 6.11. The summed E-state index contributed by atoms with van der Waals surface area (Å²) in [5, 5.41) is 12.5. The van der Waals surface area contributed by atoms with Crippen molar-refractivity contribution < 1.29 is 17.7 Å². The van der Waals surface area contributed by atoms with Crippen molar-refractivity contribution >= 4 is 35.3 Å². The monoisotopic (exact) mass is 507 g/mol. The highest BCUT2D eigenvalue weighted by molar-refractivity contribution is 8.19. The molecule has 0 radical (unpaired) electrons. The normalized spacial score (nSPS) is 14.8. The fourth-order valence-corrected chi connectivity index (χ4v) is 6.83. The zero-order valence-corrected chi connectivity index (χ0v) is 19.3. The molecule has 33 heavy (non-hydrogen) atoms. The lowest BCUT2D eigenvalue weighted by atomic mass is 10.1. The second-order valence-electron chi connectivity index (χ2n) is 7.02. The van der Waals surface area contributed by atoms with Crippen molar-refractivity contribution in [3.05, 3.63) is 71.9 Å². The minimum absolute atomic E-state index is 0.347. The summed E-state index contributed by atoms with van der Waals surface area (Å²) in [6.07, 6.45) is -2.93. The molecule has 1 aliphatic heterocycles. The fraction of sp³-hybridized carbons (Fsp3) is 0.238. The summed E-state index contributed by atoms with van der Waals surface area (Å²) in [6, 6.07) is 13.0. The number of hydrogen-bond acceptors (Lipinski definition) is 8. The molecule has 6 nitrogen and oxygen atoms in total. The van der Waals surface area contributed by atoms with E-state index in [4.69, 9.17) is 4.52 Å². The molecule has 0 spiro atoms. The van der Waals surface area contributed by atoms with Crippen LogP contribution < -0.4 is 0 Å². The van der Waals surface area contributed by atoms with Crippen LogP contribution in [0.1, 0.15) is 21.6 Å². The van der Waals surface area contributed by atoms with Gasteiger partial charge < -0.3 is 4.52 Å². The summed E-state index contributed by atoms with van der Waals surface area (Å²) in [6.45, 7) is 0. The van der Waals surface area contributed by atoms with Gasteiger partial charge in [-0.2, -0.15) is 18.2 Å². The molecular formula is C21H16F3N5OS3. The fourth-order valence-electron chi connectivity index (χ4n) is 3.21. The van der Waals surface area contributed by atoms with Crippen molar-refractivity contribution in [2.75, 3.05) is 11.5 Å². The molecule has 4 aromatic rings. The van der Waals surface area contributed by atoms with Crippen molar-refractivity contribution in [2.45, 2.75) is 21.7 Å². The number of hydrogen-bond donors (Lipinski definition) is 0. The van der Waals surface area contributed by atoms with E-state index in [1.54, 1.807) is 4.57 Å². The number of halogens is 3. The minimum Gasteiger partial charge on any atom is -0.338 e. The van der Waals surface area contributed by atoms with Gasteiger partial charge in [-0.15, -0.1) is 33.7 Å². The van der Waals surface area contributed by atoms with E-state index in [0.717, 1.165) is 17.7 Å². The van der Waals surface area contributed by atoms with E-state index in [9.17, 15) is 13.2 Å². The second kappa shape index (κ2) is 9.43. The van der Waals surface area contributed by atoms with Gasteiger partial charge in [-0.25, -0.2) is 0 Å². The maximum atomic E-state index is 12.8. The Morgan fingerprint density at radius 3 is 2.45 bits per heavy atom. The van der Waals surface area contributed by atoms with E-state index in [0.29, 0.717) is 32.9 Å². The van der Waals surface area contributed by atoms with Gasteiger partial charge in [-0.3, -0.25) is 4.57 Å². The van der Waals surface area contributed by atoms with Crippen molar-refractivity contribution in [2.24, 2.45) is 0 Å². The Bertz CT molecular complexity index is 1220. The average Bonchev–Trinajstić information content (AvgIpc) is 3.59. The van der Waals surface area contributed by atoms with Crippen molar-refractivity contribution in [1.29, 1.82) is 0 Å². The molecule has 1 saturated heterocycles. The third-order valence-electron chi connectivity index (χ3n) is 4.84. The lowest BCUT2D eigenvalue weighted by Crippen LogP contribution is -2.05. The number of aromatic nitrogens is 5. The molecule has 0 N–H and O–H groups in total. The van der Waals surface area contributed by atoms with Gasteiger partial charge in [0.25, 0.3) is 0 Å². The van der Waals surface area contributed by atoms with E-state index in [1.165, 1.54) is 47.3 Å². The van der Waals surface area contributed by atoms with E-state index < -0.39 is 11.7 Å². The van der Waals surface area contributed by atoms with Crippen LogP contribution in [-0.4, -0.2) is 36.4 Å². The van der Waals surface area contributed by atoms with Crippen molar-refractivity contribution in [3.8, 4) is 17.1 Å². The predicted molar refractivity (Wildman–Crippen MR) is 123 cm³/mol. The Morgan fingerprint density at radius 1 is 1.03 bits per heavy atom. The highest BCUT2D eigenvalue weighted by Gasteiger charge is 2.30. The first-order valence-electron chi connectivity index (χ1n) is 9.84. The lowest BCUT2D eigenvalue weighted by molar-refractivity contribution is -0.137. The molecule has 1 aliphatic rings. The average molecular weight is 508 g/mol. The van der Waals surface area contributed by atoms with Gasteiger partial charge in [0.1, 0.15) is 6.33 Å². The van der Waals surface area contributed by atoms with Gasteiger partial charge in [-0.05, 0) is 29.8 Å². The third-order valence-corrected chi connectivity index (χ3v) is 8.88. The van der Waals surface area contributed by atoms with Gasteiger partial charge in [0.15, 0.2) is 5.16 Å². The standard InChI is InChI=1S/C21H16F3N5OS3/c22-21(23,24)15-5-7-16(8-6-15)29-12-25-27-20(29)33-11-17-26-18(28-30-17)13-1-3-14(4-2-13)19-31-9-10-32-19/h1-8,12,19H,9-11H2. The van der Waals surface area contributed by atoms with Crippen LogP contribution in [-0.2, 0) is 11.9 Å². The van der Waals surface area contributed by atoms with Gasteiger partial charge in [0.05, 0.1) is 15.9 Å². The van der Waals surface area contributed by atoms with Crippen LogP contribution >= 0.6 is 35.3 Å².